The maximum Gasteiger partial charge on any atom is 0.416 e. The van der Waals surface area contributed by atoms with Crippen molar-refractivity contribution in [2.24, 2.45) is 0 Å². The highest BCUT2D eigenvalue weighted by Crippen LogP contribution is 2.36. The third kappa shape index (κ3) is 4.91. The molecule has 4 rings (SSSR count). The van der Waals surface area contributed by atoms with E-state index in [2.05, 4.69) is 10.0 Å². The summed E-state index contributed by atoms with van der Waals surface area (Å²) in [5.41, 5.74) is 0.947. The molecule has 1 heterocycles. The van der Waals surface area contributed by atoms with Gasteiger partial charge in [-0.25, -0.2) is 8.42 Å². The van der Waals surface area contributed by atoms with E-state index in [9.17, 15) is 26.4 Å². The molecule has 2 N–H and O–H groups in total. The van der Waals surface area contributed by atoms with Crippen LogP contribution in [0.25, 0.3) is 11.6 Å². The SMILES string of the molecule is CCOc1ccc(C=C2C(=O)Nc3ccc(S(=O)(=O)Nc4ccc(C(F)(F)F)cc4)cc32)cc1. The summed E-state index contributed by atoms with van der Waals surface area (Å²) >= 11 is 0. The lowest BCUT2D eigenvalue weighted by Gasteiger charge is -2.11. The fourth-order valence-corrected chi connectivity index (χ4v) is 4.50. The lowest BCUT2D eigenvalue weighted by Crippen LogP contribution is -2.13. The third-order valence-corrected chi connectivity index (χ3v) is 6.43. The second-order valence-electron chi connectivity index (χ2n) is 7.40. The first-order chi connectivity index (χ1) is 16.1. The van der Waals surface area contributed by atoms with Crippen molar-refractivity contribution in [3.8, 4) is 5.75 Å². The molecule has 6 nitrogen and oxygen atoms in total. The normalized spacial score (nSPS) is 14.6. The Morgan fingerprint density at radius 3 is 2.29 bits per heavy atom. The van der Waals surface area contributed by atoms with Gasteiger partial charge in [-0.05, 0) is 73.2 Å². The summed E-state index contributed by atoms with van der Waals surface area (Å²) in [4.78, 5) is 12.4. The molecule has 1 amide bonds. The van der Waals surface area contributed by atoms with Crippen LogP contribution in [0.1, 0.15) is 23.6 Å². The molecule has 0 aliphatic carbocycles. The second-order valence-corrected chi connectivity index (χ2v) is 9.08. The van der Waals surface area contributed by atoms with Gasteiger partial charge in [-0.3, -0.25) is 9.52 Å². The molecule has 1 aliphatic rings. The van der Waals surface area contributed by atoms with Crippen LogP contribution in [0.3, 0.4) is 0 Å². The van der Waals surface area contributed by atoms with Gasteiger partial charge in [-0.2, -0.15) is 13.2 Å². The molecule has 0 spiro atoms. The summed E-state index contributed by atoms with van der Waals surface area (Å²) < 4.78 is 71.6. The molecular weight excluding hydrogens is 469 g/mol. The maximum atomic E-state index is 12.9. The van der Waals surface area contributed by atoms with Crippen LogP contribution in [0.15, 0.2) is 71.6 Å². The second kappa shape index (κ2) is 8.86. The van der Waals surface area contributed by atoms with E-state index >= 15 is 0 Å². The standard InChI is InChI=1S/C24H19F3N2O4S/c1-2-33-18-9-3-15(4-10-18)13-21-20-14-19(11-12-22(20)28-23(21)30)34(31,32)29-17-7-5-16(6-8-17)24(25,26)27/h3-14,29H,2H2,1H3,(H,28,30). The van der Waals surface area contributed by atoms with Crippen LogP contribution >= 0.6 is 0 Å². The molecule has 34 heavy (non-hydrogen) atoms. The van der Waals surface area contributed by atoms with Crippen LogP contribution in [0.5, 0.6) is 5.75 Å². The van der Waals surface area contributed by atoms with Crippen molar-refractivity contribution in [3.05, 3.63) is 83.4 Å². The summed E-state index contributed by atoms with van der Waals surface area (Å²) in [7, 11) is -4.12. The molecule has 1 aliphatic heterocycles. The minimum atomic E-state index is -4.52. The first-order valence-electron chi connectivity index (χ1n) is 10.2. The lowest BCUT2D eigenvalue weighted by atomic mass is 10.0. The molecule has 176 valence electrons. The molecule has 0 saturated heterocycles. The molecular formula is C24H19F3N2O4S. The van der Waals surface area contributed by atoms with Gasteiger partial charge in [0.05, 0.1) is 17.1 Å². The van der Waals surface area contributed by atoms with Crippen LogP contribution < -0.4 is 14.8 Å². The Kier molecular flexibility index (Phi) is 6.09. The molecule has 0 aromatic heterocycles. The zero-order valence-electron chi connectivity index (χ0n) is 17.8. The number of fused-ring (bicyclic) bond motifs is 1. The first-order valence-corrected chi connectivity index (χ1v) is 11.7. The number of carbonyl (C=O) groups is 1. The monoisotopic (exact) mass is 488 g/mol. The Labute approximate surface area is 194 Å². The van der Waals surface area contributed by atoms with E-state index in [1.807, 2.05) is 6.92 Å². The average Bonchev–Trinajstić information content (AvgIpc) is 3.09. The van der Waals surface area contributed by atoms with Crippen molar-refractivity contribution < 1.29 is 31.1 Å². The smallest absolute Gasteiger partial charge is 0.416 e. The molecule has 0 saturated carbocycles. The van der Waals surface area contributed by atoms with Crippen LogP contribution in [0, 0.1) is 0 Å². The summed E-state index contributed by atoms with van der Waals surface area (Å²) in [5.74, 6) is 0.303. The maximum absolute atomic E-state index is 12.9. The number of carbonyl (C=O) groups excluding carboxylic acids is 1. The summed E-state index contributed by atoms with van der Waals surface area (Å²) in [6.45, 7) is 2.39. The number of hydrogen-bond acceptors (Lipinski definition) is 4. The van der Waals surface area contributed by atoms with E-state index in [0.717, 1.165) is 29.8 Å². The van der Waals surface area contributed by atoms with Gasteiger partial charge in [0.15, 0.2) is 0 Å². The topological polar surface area (TPSA) is 84.5 Å². The number of anilines is 2. The van der Waals surface area contributed by atoms with E-state index in [4.69, 9.17) is 4.74 Å². The highest BCUT2D eigenvalue weighted by molar-refractivity contribution is 7.92. The number of amides is 1. The number of sulfonamides is 1. The largest absolute Gasteiger partial charge is 0.494 e. The van der Waals surface area contributed by atoms with E-state index in [-0.39, 0.29) is 22.1 Å². The van der Waals surface area contributed by atoms with Crippen LogP contribution in [-0.4, -0.2) is 20.9 Å². The molecule has 0 bridgehead atoms. The Hall–Kier alpha value is -3.79. The van der Waals surface area contributed by atoms with E-state index in [1.54, 1.807) is 30.3 Å². The molecule has 0 fully saturated rings. The number of rotatable bonds is 6. The van der Waals surface area contributed by atoms with Crippen molar-refractivity contribution in [1.82, 2.24) is 0 Å². The van der Waals surface area contributed by atoms with Crippen molar-refractivity contribution in [2.75, 3.05) is 16.6 Å². The number of ether oxygens (including phenoxy) is 1. The van der Waals surface area contributed by atoms with E-state index < -0.39 is 21.8 Å². The summed E-state index contributed by atoms with van der Waals surface area (Å²) in [6.07, 6.45) is -2.89. The van der Waals surface area contributed by atoms with Gasteiger partial charge in [0, 0.05) is 22.5 Å². The van der Waals surface area contributed by atoms with Gasteiger partial charge >= 0.3 is 6.18 Å². The van der Waals surface area contributed by atoms with Crippen LogP contribution in [-0.2, 0) is 21.0 Å². The Morgan fingerprint density at radius 2 is 1.68 bits per heavy atom. The van der Waals surface area contributed by atoms with Gasteiger partial charge in [0.2, 0.25) is 0 Å². The van der Waals surface area contributed by atoms with Crippen molar-refractivity contribution in [3.63, 3.8) is 0 Å². The number of benzene rings is 3. The number of halogens is 3. The minimum Gasteiger partial charge on any atom is -0.494 e. The van der Waals surface area contributed by atoms with E-state index in [0.29, 0.717) is 23.6 Å². The van der Waals surface area contributed by atoms with Crippen molar-refractivity contribution >= 4 is 39.0 Å². The average molecular weight is 488 g/mol. The summed E-state index contributed by atoms with van der Waals surface area (Å²) in [5, 5.41) is 2.69. The quantitative estimate of drug-likeness (QED) is 0.455. The predicted molar refractivity (Wildman–Crippen MR) is 123 cm³/mol. The molecule has 3 aromatic carbocycles. The van der Waals surface area contributed by atoms with Crippen molar-refractivity contribution in [2.45, 2.75) is 18.0 Å². The molecule has 0 unspecified atom stereocenters. The highest BCUT2D eigenvalue weighted by atomic mass is 32.2. The van der Waals surface area contributed by atoms with Crippen LogP contribution in [0.4, 0.5) is 24.5 Å². The molecule has 0 radical (unpaired) electrons. The predicted octanol–water partition coefficient (Wildman–Crippen LogP) is 5.40. The Morgan fingerprint density at radius 1 is 1.00 bits per heavy atom. The minimum absolute atomic E-state index is 0.0205. The fourth-order valence-electron chi connectivity index (χ4n) is 3.41. The van der Waals surface area contributed by atoms with Gasteiger partial charge in [0.1, 0.15) is 5.75 Å². The van der Waals surface area contributed by atoms with Crippen LogP contribution in [0.2, 0.25) is 0 Å². The zero-order valence-corrected chi connectivity index (χ0v) is 18.6. The van der Waals surface area contributed by atoms with Gasteiger partial charge < -0.3 is 10.1 Å². The molecule has 3 aromatic rings. The Bertz CT molecular complexity index is 1360. The zero-order chi connectivity index (χ0) is 24.5. The number of alkyl halides is 3. The van der Waals surface area contributed by atoms with E-state index in [1.165, 1.54) is 18.2 Å². The third-order valence-electron chi connectivity index (χ3n) is 5.05. The number of hydrogen-bond donors (Lipinski definition) is 2. The lowest BCUT2D eigenvalue weighted by molar-refractivity contribution is -0.137. The molecule has 10 heteroatoms. The first kappa shape index (κ1) is 23.4. The van der Waals surface area contributed by atoms with Gasteiger partial charge in [-0.15, -0.1) is 0 Å². The van der Waals surface area contributed by atoms with Crippen molar-refractivity contribution in [1.29, 1.82) is 0 Å². The Balaban J connectivity index is 1.62. The van der Waals surface area contributed by atoms with Gasteiger partial charge in [0.25, 0.3) is 15.9 Å². The van der Waals surface area contributed by atoms with Gasteiger partial charge in [-0.1, -0.05) is 12.1 Å². The summed E-state index contributed by atoms with van der Waals surface area (Å²) in [6, 6.07) is 14.9. The highest BCUT2D eigenvalue weighted by Gasteiger charge is 2.30. The number of nitrogens with one attached hydrogen (secondary N) is 2. The fraction of sp³-hybridized carbons (Fsp3) is 0.125. The molecule has 0 atom stereocenters.